The fraction of sp³-hybridized carbons (Fsp3) is 0.316. The molecule has 2 atom stereocenters. The van der Waals surface area contributed by atoms with Crippen LogP contribution in [-0.4, -0.2) is 175 Å². The number of aromatic amines is 1. The highest BCUT2D eigenvalue weighted by atomic mass is 79.9. The van der Waals surface area contributed by atoms with E-state index in [-0.39, 0.29) is 54.9 Å². The SMILES string of the molecule is CCOC(=O)CBr.CCOC(=O)COc1ccc(C=O)cc1OC.CCOC(=O)COc1ccc(CC2C(c3ccc(C)cc3)=C(C)c3cc(C)ccc32)cc1OC.CCOC(=O)COc1ccc(CCl)cc1OC.COc1cc(C=O)ccc1O.COc1cc(CC2C(c3ccc(O)cc3)=C(C)c3cc(O)ccc32)ccc1OCCN1CCCCC1.Cc1ccc(-c2[nH]c3ccc(C)cc3c2C)cc1. The maximum absolute atomic E-state index is 11.7. The van der Waals surface area contributed by atoms with Crippen LogP contribution in [0.2, 0.25) is 0 Å². The van der Waals surface area contributed by atoms with Crippen LogP contribution < -0.4 is 42.6 Å². The number of nitrogens with one attached hydrogen (secondary N) is 1. The van der Waals surface area contributed by atoms with Gasteiger partial charge in [-0.1, -0.05) is 154 Å². The van der Waals surface area contributed by atoms with E-state index in [1.165, 1.54) is 154 Å². The van der Waals surface area contributed by atoms with E-state index in [1.54, 1.807) is 84.4 Å². The standard InChI is InChI=1S/C31H35NO4.C30H32O4.C17H17N.C12H15ClO4.C12H14O5.C8H8O3.C4H7BrO2/c1-21-27-20-25(34)11-12-26(27)28(31(21)23-7-9-24(33)10-8-23)18-22-6-13-29(30(19-22)35-2)36-17-16-32-14-4-3-5-15-32;1-6-33-29(31)18-34-27-14-10-22(17-28(27)32-5)16-26-24-13-9-20(3)15-25(24)21(4)30(26)23-11-7-19(2)8-12-23;1-11-4-7-14(8-5-11)17-13(3)15-10-12(2)6-9-16(15)18-17;2*1-3-16-12(14)8-17-10-5-4-9(7-13)6-11(10)15-2;1-11-8-4-6(5-9)2-3-7(8)10;1-2-7-4(6)3-5/h6-13,19-20,28,33-34H,3-5,14-18H2,1-2H3;7-15,17,26H,6,16,18H2,1-5H3;4-10,18H,1-3H3;4-6H,3,7-8H2,1-2H3;4-7H,3,8H2,1-2H3;2-5,10H,1H3;2-3H2,1H3. The number of fused-ring (bicyclic) bond motifs is 3. The summed E-state index contributed by atoms with van der Waals surface area (Å²) in [6, 6.07) is 70.4. The van der Waals surface area contributed by atoms with Gasteiger partial charge in [0.1, 0.15) is 36.0 Å². The average Bonchev–Trinajstić information content (AvgIpc) is 1.61. The molecule has 0 spiro atoms. The quantitative estimate of drug-likeness (QED) is 0.0129. The van der Waals surface area contributed by atoms with Gasteiger partial charge in [0.25, 0.3) is 0 Å². The van der Waals surface area contributed by atoms with E-state index in [0.717, 1.165) is 77.4 Å². The number of aromatic nitrogens is 1. The molecule has 0 saturated carbocycles. The largest absolute Gasteiger partial charge is 0.508 e. The number of piperidine rings is 1. The summed E-state index contributed by atoms with van der Waals surface area (Å²) in [5, 5.41) is 30.7. The lowest BCUT2D eigenvalue weighted by atomic mass is 9.85. The number of halogens is 2. The first kappa shape index (κ1) is 110. The molecule has 140 heavy (non-hydrogen) atoms. The second-order valence-corrected chi connectivity index (χ2v) is 33.9. The number of hydrogen-bond acceptors (Lipinski definition) is 23. The maximum atomic E-state index is 11.7. The van der Waals surface area contributed by atoms with E-state index in [9.17, 15) is 39.0 Å². The van der Waals surface area contributed by atoms with Crippen LogP contribution in [-0.2, 0) is 56.8 Å². The minimum Gasteiger partial charge on any atom is -0.508 e. The molecule has 2 unspecified atom stereocenters. The predicted molar refractivity (Wildman–Crippen MR) is 554 cm³/mol. The number of carbonyl (C=O) groups is 6. The number of carbonyl (C=O) groups excluding carboxylic acids is 6. The molecule has 1 aromatic heterocycles. The van der Waals surface area contributed by atoms with Gasteiger partial charge < -0.3 is 81.9 Å². The molecule has 1 aliphatic heterocycles. The van der Waals surface area contributed by atoms with Crippen LogP contribution in [0.1, 0.15) is 171 Å². The third-order valence-corrected chi connectivity index (χ3v) is 24.0. The van der Waals surface area contributed by atoms with Gasteiger partial charge in [0.05, 0.1) is 62.0 Å². The number of benzene rings is 11. The Morgan fingerprint density at radius 3 is 1.26 bits per heavy atom. The normalized spacial score (nSPS) is 13.0. The molecule has 15 rings (SSSR count). The summed E-state index contributed by atoms with van der Waals surface area (Å²) in [6.45, 7) is 27.0. The third kappa shape index (κ3) is 31.8. The number of H-pyrrole nitrogens is 1. The number of alkyl halides is 2. The van der Waals surface area contributed by atoms with Crippen molar-refractivity contribution in [3.63, 3.8) is 0 Å². The van der Waals surface area contributed by atoms with Crippen LogP contribution in [0.4, 0.5) is 0 Å². The molecule has 740 valence electrons. The highest BCUT2D eigenvalue weighted by molar-refractivity contribution is 9.09. The highest BCUT2D eigenvalue weighted by Crippen LogP contribution is 2.52. The molecule has 1 fully saturated rings. The van der Waals surface area contributed by atoms with Crippen molar-refractivity contribution in [1.29, 1.82) is 0 Å². The number of nitrogens with zero attached hydrogens (tertiary/aromatic N) is 1. The summed E-state index contributed by atoms with van der Waals surface area (Å²) >= 11 is 8.65. The van der Waals surface area contributed by atoms with Gasteiger partial charge >= 0.3 is 23.9 Å². The number of likely N-dealkylation sites (tertiary alicyclic amines) is 1. The van der Waals surface area contributed by atoms with E-state index >= 15 is 0 Å². The molecule has 1 saturated heterocycles. The van der Waals surface area contributed by atoms with E-state index in [1.807, 2.05) is 48.5 Å². The Morgan fingerprint density at radius 2 is 0.800 bits per heavy atom. The second kappa shape index (κ2) is 56.2. The molecule has 4 N–H and O–H groups in total. The molecule has 12 aromatic rings. The number of aryl methyl sites for hydroxylation is 5. The van der Waals surface area contributed by atoms with E-state index in [4.69, 9.17) is 73.5 Å². The lowest BCUT2D eigenvalue weighted by Gasteiger charge is -2.26. The molecule has 3 aliphatic rings. The average molecular weight is 1990 g/mol. The number of phenolic OH excluding ortho intramolecular Hbond substituents is 3. The number of ether oxygens (including phenoxy) is 13. The molecule has 11 aromatic carbocycles. The number of allylic oxidation sites excluding steroid dienone is 4. The summed E-state index contributed by atoms with van der Waals surface area (Å²) < 4.78 is 67.5. The molecular formula is C114H128BrClN2O22. The fourth-order valence-electron chi connectivity index (χ4n) is 16.3. The van der Waals surface area contributed by atoms with Gasteiger partial charge in [0.15, 0.2) is 77.3 Å². The highest BCUT2D eigenvalue weighted by Gasteiger charge is 2.33. The zero-order chi connectivity index (χ0) is 101. The Hall–Kier alpha value is -14.0. The van der Waals surface area contributed by atoms with Gasteiger partial charge in [-0.15, -0.1) is 11.6 Å². The summed E-state index contributed by atoms with van der Waals surface area (Å²) in [5.74, 6) is 4.70. The van der Waals surface area contributed by atoms with Crippen molar-refractivity contribution < 1.29 is 106 Å². The van der Waals surface area contributed by atoms with Crippen molar-refractivity contribution in [2.24, 2.45) is 0 Å². The first-order valence-electron chi connectivity index (χ1n) is 46.4. The number of hydrogen-bond donors (Lipinski definition) is 4. The fourth-order valence-corrected chi connectivity index (χ4v) is 16.6. The zero-order valence-electron chi connectivity index (χ0n) is 82.6. The Labute approximate surface area is 834 Å². The number of methoxy groups -OCH3 is 5. The number of aldehydes is 2. The summed E-state index contributed by atoms with van der Waals surface area (Å²) in [5.41, 5.74) is 26.8. The van der Waals surface area contributed by atoms with E-state index < -0.39 is 17.9 Å². The monoisotopic (exact) mass is 1990 g/mol. The molecule has 0 radical (unpaired) electrons. The number of phenols is 3. The molecule has 24 nitrogen and oxygen atoms in total. The summed E-state index contributed by atoms with van der Waals surface area (Å²) in [7, 11) is 7.73. The maximum Gasteiger partial charge on any atom is 0.344 e. The van der Waals surface area contributed by atoms with Crippen molar-refractivity contribution in [3.05, 3.63) is 307 Å². The predicted octanol–water partition coefficient (Wildman–Crippen LogP) is 23.5. The minimum atomic E-state index is -0.450. The van der Waals surface area contributed by atoms with Crippen molar-refractivity contribution in [2.75, 3.05) is 113 Å². The number of aromatic hydroxyl groups is 3. The van der Waals surface area contributed by atoms with Crippen LogP contribution in [0.15, 0.2) is 218 Å². The van der Waals surface area contributed by atoms with Gasteiger partial charge in [0, 0.05) is 52.0 Å². The zero-order valence-corrected chi connectivity index (χ0v) is 85.0. The molecule has 2 heterocycles. The van der Waals surface area contributed by atoms with Crippen LogP contribution >= 0.6 is 27.5 Å². The van der Waals surface area contributed by atoms with Crippen LogP contribution in [0.3, 0.4) is 0 Å². The smallest absolute Gasteiger partial charge is 0.344 e. The Bertz CT molecular complexity index is 6180. The second-order valence-electron chi connectivity index (χ2n) is 33.0. The number of esters is 4. The lowest BCUT2D eigenvalue weighted by Crippen LogP contribution is -2.33. The van der Waals surface area contributed by atoms with Gasteiger partial charge in [-0.2, -0.15) is 0 Å². The Balaban J connectivity index is 0.000000193. The topological polar surface area (TPSA) is 302 Å². The van der Waals surface area contributed by atoms with E-state index in [2.05, 4.69) is 182 Å². The van der Waals surface area contributed by atoms with Crippen LogP contribution in [0.5, 0.6) is 69.0 Å². The summed E-state index contributed by atoms with van der Waals surface area (Å²) in [6.07, 6.45) is 6.92. The van der Waals surface area contributed by atoms with E-state index in [0.29, 0.717) is 108 Å². The van der Waals surface area contributed by atoms with Crippen molar-refractivity contribution in [3.8, 4) is 80.3 Å². The molecule has 0 bridgehead atoms. The summed E-state index contributed by atoms with van der Waals surface area (Å²) in [4.78, 5) is 70.9. The molecule has 26 heteroatoms. The molecule has 0 amide bonds. The number of rotatable bonds is 33. The minimum absolute atomic E-state index is 0.0399. The van der Waals surface area contributed by atoms with Crippen molar-refractivity contribution in [2.45, 2.75) is 126 Å². The lowest BCUT2D eigenvalue weighted by molar-refractivity contribution is -0.146. The molecule has 2 aliphatic carbocycles. The van der Waals surface area contributed by atoms with Gasteiger partial charge in [-0.3, -0.25) is 19.3 Å². The first-order valence-corrected chi connectivity index (χ1v) is 48.1. The molecular weight excluding hydrogens is 1860 g/mol. The third-order valence-electron chi connectivity index (χ3n) is 23.3. The van der Waals surface area contributed by atoms with Crippen LogP contribution in [0, 0.1) is 34.6 Å². The van der Waals surface area contributed by atoms with Crippen molar-refractivity contribution in [1.82, 2.24) is 9.88 Å². The van der Waals surface area contributed by atoms with Gasteiger partial charge in [0.2, 0.25) is 0 Å². The first-order chi connectivity index (χ1) is 67.6. The Kier molecular flexibility index (Phi) is 44.0. The van der Waals surface area contributed by atoms with Gasteiger partial charge in [-0.05, 0) is 308 Å². The van der Waals surface area contributed by atoms with Crippen LogP contribution in [0.25, 0.3) is 44.5 Å². The van der Waals surface area contributed by atoms with Gasteiger partial charge in [-0.25, -0.2) is 14.4 Å². The van der Waals surface area contributed by atoms with Crippen molar-refractivity contribution >= 4 is 97.2 Å². The Morgan fingerprint density at radius 1 is 0.407 bits per heavy atom.